The first-order chi connectivity index (χ1) is 16.3. The van der Waals surface area contributed by atoms with Crippen LogP contribution < -0.4 is 11.3 Å². The summed E-state index contributed by atoms with van der Waals surface area (Å²) < 4.78 is 26.0. The van der Waals surface area contributed by atoms with Crippen LogP contribution in [0, 0.1) is 0 Å². The highest BCUT2D eigenvalue weighted by molar-refractivity contribution is 7.91. The number of halogens is 1. The summed E-state index contributed by atoms with van der Waals surface area (Å²) in [5.74, 6) is 0.00879. The van der Waals surface area contributed by atoms with Gasteiger partial charge in [0.15, 0.2) is 9.84 Å². The summed E-state index contributed by atoms with van der Waals surface area (Å²) in [5, 5.41) is 2.05. The topological polar surface area (TPSA) is 95.0 Å². The number of sulfone groups is 1. The van der Waals surface area contributed by atoms with Crippen LogP contribution in [0.5, 0.6) is 0 Å². The van der Waals surface area contributed by atoms with Gasteiger partial charge >= 0.3 is 0 Å². The van der Waals surface area contributed by atoms with Gasteiger partial charge in [-0.25, -0.2) is 8.42 Å². The monoisotopic (exact) mass is 489 g/mol. The molecule has 2 N–H and O–H groups in total. The zero-order valence-corrected chi connectivity index (χ0v) is 19.8. The summed E-state index contributed by atoms with van der Waals surface area (Å²) in [6.45, 7) is 1.60. The largest absolute Gasteiger partial charge is 0.398 e. The third kappa shape index (κ3) is 3.73. The summed E-state index contributed by atoms with van der Waals surface area (Å²) >= 11 is 6.09. The van der Waals surface area contributed by atoms with E-state index in [1.165, 1.54) is 18.2 Å². The van der Waals surface area contributed by atoms with Crippen molar-refractivity contribution < 1.29 is 8.42 Å². The summed E-state index contributed by atoms with van der Waals surface area (Å²) in [5.41, 5.74) is 10.0. The molecule has 0 aliphatic carbocycles. The highest BCUT2D eigenvalue weighted by Gasteiger charge is 2.14. The van der Waals surface area contributed by atoms with Crippen LogP contribution in [0.25, 0.3) is 38.6 Å². The molecular formula is C26H20ClN3O3S. The van der Waals surface area contributed by atoms with Crippen molar-refractivity contribution in [1.29, 1.82) is 0 Å². The fourth-order valence-electron chi connectivity index (χ4n) is 4.04. The number of fused-ring (bicyclic) bond motifs is 3. The van der Waals surface area contributed by atoms with Gasteiger partial charge in [0, 0.05) is 28.7 Å². The van der Waals surface area contributed by atoms with E-state index in [-0.39, 0.29) is 16.2 Å². The fourth-order valence-corrected chi connectivity index (χ4v) is 5.04. The van der Waals surface area contributed by atoms with E-state index in [4.69, 9.17) is 17.3 Å². The van der Waals surface area contributed by atoms with Gasteiger partial charge in [-0.05, 0) is 65.7 Å². The maximum atomic E-state index is 13.0. The molecule has 0 unspecified atom stereocenters. The predicted octanol–water partition coefficient (Wildman–Crippen LogP) is 5.24. The highest BCUT2D eigenvalue weighted by Crippen LogP contribution is 2.32. The normalized spacial score (nSPS) is 11.8. The summed E-state index contributed by atoms with van der Waals surface area (Å²) in [4.78, 5) is 17.8. The number of hydrogen-bond acceptors (Lipinski definition) is 5. The zero-order chi connectivity index (χ0) is 24.0. The average Bonchev–Trinajstić information content (AvgIpc) is 2.85. The Morgan fingerprint density at radius 3 is 2.35 bits per heavy atom. The Hall–Kier alpha value is -3.68. The molecule has 34 heavy (non-hydrogen) atoms. The first kappa shape index (κ1) is 22.1. The number of nitrogens with zero attached hydrogens (tertiary/aromatic N) is 2. The maximum absolute atomic E-state index is 13.0. The van der Waals surface area contributed by atoms with Crippen molar-refractivity contribution in [2.45, 2.75) is 11.8 Å². The fraction of sp³-hybridized carbons (Fsp3) is 0.0769. The van der Waals surface area contributed by atoms with E-state index >= 15 is 0 Å². The van der Waals surface area contributed by atoms with Crippen LogP contribution >= 0.6 is 11.6 Å². The number of aromatic nitrogens is 2. The lowest BCUT2D eigenvalue weighted by Crippen LogP contribution is -2.18. The van der Waals surface area contributed by atoms with E-state index in [9.17, 15) is 13.2 Å². The average molecular weight is 490 g/mol. The van der Waals surface area contributed by atoms with E-state index < -0.39 is 9.84 Å². The molecule has 0 fully saturated rings. The van der Waals surface area contributed by atoms with Crippen LogP contribution in [0.2, 0.25) is 5.02 Å². The molecule has 5 aromatic rings. The van der Waals surface area contributed by atoms with Gasteiger partial charge in [-0.3, -0.25) is 14.3 Å². The molecule has 0 spiro atoms. The van der Waals surface area contributed by atoms with E-state index in [1.54, 1.807) is 42.0 Å². The summed E-state index contributed by atoms with van der Waals surface area (Å²) in [6, 6.07) is 20.8. The SMILES string of the molecule is CCS(=O)(=O)c1ccc(-n2c(=O)ccc3cnc4ccc(-c5ccc(Cl)c(N)c5)cc4c32)cc1. The molecule has 0 radical (unpaired) electrons. The van der Waals surface area contributed by atoms with Crippen molar-refractivity contribution >= 4 is 48.9 Å². The quantitative estimate of drug-likeness (QED) is 0.275. The van der Waals surface area contributed by atoms with Crippen molar-refractivity contribution in [2.24, 2.45) is 0 Å². The molecule has 0 saturated heterocycles. The number of pyridine rings is 2. The Morgan fingerprint density at radius 1 is 0.941 bits per heavy atom. The minimum absolute atomic E-state index is 0.00879. The van der Waals surface area contributed by atoms with E-state index in [1.807, 2.05) is 30.3 Å². The summed E-state index contributed by atoms with van der Waals surface area (Å²) in [7, 11) is -3.34. The molecule has 0 atom stereocenters. The van der Waals surface area contributed by atoms with Gasteiger partial charge in [-0.2, -0.15) is 0 Å². The minimum atomic E-state index is -3.34. The Labute approximate surface area is 201 Å². The number of rotatable bonds is 4. The van der Waals surface area contributed by atoms with Crippen molar-refractivity contribution in [3.63, 3.8) is 0 Å². The van der Waals surface area contributed by atoms with Crippen LogP contribution in [0.1, 0.15) is 6.92 Å². The van der Waals surface area contributed by atoms with Gasteiger partial charge in [-0.15, -0.1) is 0 Å². The molecule has 2 aromatic heterocycles. The second-order valence-corrected chi connectivity index (χ2v) is 10.6. The minimum Gasteiger partial charge on any atom is -0.398 e. The number of nitrogen functional groups attached to an aromatic ring is 1. The Kier molecular flexibility index (Phi) is 5.38. The number of hydrogen-bond donors (Lipinski definition) is 1. The zero-order valence-electron chi connectivity index (χ0n) is 18.2. The molecule has 0 aliphatic rings. The van der Waals surface area contributed by atoms with Crippen LogP contribution in [-0.2, 0) is 9.84 Å². The second-order valence-electron chi connectivity index (χ2n) is 7.93. The Morgan fingerprint density at radius 2 is 1.65 bits per heavy atom. The van der Waals surface area contributed by atoms with E-state index in [0.717, 1.165) is 27.4 Å². The molecular weight excluding hydrogens is 470 g/mol. The first-order valence-electron chi connectivity index (χ1n) is 10.6. The van der Waals surface area contributed by atoms with E-state index in [0.29, 0.717) is 21.9 Å². The molecule has 0 bridgehead atoms. The standard InChI is InChI=1S/C26H20ClN3O3S/c1-2-34(32,33)20-8-6-19(7-9-20)30-25(31)12-5-18-15-29-24-11-4-16(13-21(24)26(18)30)17-3-10-22(27)23(28)14-17/h3-15H,2,28H2,1H3. The van der Waals surface area contributed by atoms with Crippen molar-refractivity contribution in [2.75, 3.05) is 11.5 Å². The number of anilines is 1. The van der Waals surface area contributed by atoms with Crippen LogP contribution in [0.3, 0.4) is 0 Å². The molecule has 0 aliphatic heterocycles. The van der Waals surface area contributed by atoms with Gasteiger partial charge in [0.2, 0.25) is 0 Å². The molecule has 5 rings (SSSR count). The van der Waals surface area contributed by atoms with Crippen LogP contribution in [0.4, 0.5) is 5.69 Å². The third-order valence-electron chi connectivity index (χ3n) is 5.88. The second kappa shape index (κ2) is 8.27. The van der Waals surface area contributed by atoms with Crippen LogP contribution in [-0.4, -0.2) is 23.7 Å². The van der Waals surface area contributed by atoms with Gasteiger partial charge in [0.25, 0.3) is 5.56 Å². The third-order valence-corrected chi connectivity index (χ3v) is 7.98. The molecule has 0 saturated carbocycles. The Balaban J connectivity index is 1.78. The highest BCUT2D eigenvalue weighted by atomic mass is 35.5. The van der Waals surface area contributed by atoms with Gasteiger partial charge in [0.05, 0.1) is 32.4 Å². The molecule has 6 nitrogen and oxygen atoms in total. The Bertz CT molecular complexity index is 1740. The lowest BCUT2D eigenvalue weighted by Gasteiger charge is -2.14. The number of benzene rings is 3. The van der Waals surface area contributed by atoms with Crippen molar-refractivity contribution in [3.8, 4) is 16.8 Å². The van der Waals surface area contributed by atoms with Gasteiger partial charge in [0.1, 0.15) is 0 Å². The van der Waals surface area contributed by atoms with Gasteiger partial charge in [-0.1, -0.05) is 30.7 Å². The predicted molar refractivity (Wildman–Crippen MR) is 137 cm³/mol. The van der Waals surface area contributed by atoms with Gasteiger partial charge < -0.3 is 5.73 Å². The first-order valence-corrected chi connectivity index (χ1v) is 12.6. The number of nitrogens with two attached hydrogens (primary N) is 1. The molecule has 2 heterocycles. The van der Waals surface area contributed by atoms with Crippen LogP contribution in [0.15, 0.2) is 88.7 Å². The maximum Gasteiger partial charge on any atom is 0.255 e. The molecule has 0 amide bonds. The molecule has 170 valence electrons. The smallest absolute Gasteiger partial charge is 0.255 e. The van der Waals surface area contributed by atoms with Crippen molar-refractivity contribution in [3.05, 3.63) is 94.4 Å². The van der Waals surface area contributed by atoms with Crippen molar-refractivity contribution in [1.82, 2.24) is 9.55 Å². The lowest BCUT2D eigenvalue weighted by molar-refractivity contribution is 0.597. The molecule has 8 heteroatoms. The van der Waals surface area contributed by atoms with E-state index in [2.05, 4.69) is 4.98 Å². The molecule has 3 aromatic carbocycles. The summed E-state index contributed by atoms with van der Waals surface area (Å²) in [6.07, 6.45) is 1.73. The lowest BCUT2D eigenvalue weighted by atomic mass is 10.0.